The van der Waals surface area contributed by atoms with Gasteiger partial charge in [0.1, 0.15) is 9.45 Å². The molecule has 2 atom stereocenters. The fourth-order valence-corrected chi connectivity index (χ4v) is 4.38. The molecule has 1 aliphatic rings. The Labute approximate surface area is 182 Å². The quantitative estimate of drug-likeness (QED) is 0.438. The van der Waals surface area contributed by atoms with E-state index in [1.54, 1.807) is 11.8 Å². The molecular formula is C18H21Cl2IN4O2. The lowest BCUT2D eigenvalue weighted by Crippen LogP contribution is -2.54. The Kier molecular flexibility index (Phi) is 6.55. The highest BCUT2D eigenvalue weighted by atomic mass is 127. The van der Waals surface area contributed by atoms with Gasteiger partial charge in [0.2, 0.25) is 0 Å². The number of anilines is 1. The Bertz CT molecular complexity index is 845. The van der Waals surface area contributed by atoms with Crippen LogP contribution in [-0.2, 0) is 4.79 Å². The zero-order valence-corrected chi connectivity index (χ0v) is 19.0. The van der Waals surface area contributed by atoms with Gasteiger partial charge in [-0.25, -0.2) is 4.68 Å². The molecule has 0 aliphatic carbocycles. The zero-order chi connectivity index (χ0) is 19.7. The fourth-order valence-electron chi connectivity index (χ4n) is 3.44. The molecule has 0 amide bonds. The van der Waals surface area contributed by atoms with Gasteiger partial charge in [-0.2, -0.15) is 5.10 Å². The number of piperazine rings is 1. The number of aromatic nitrogens is 2. The van der Waals surface area contributed by atoms with Gasteiger partial charge in [-0.05, 0) is 48.6 Å². The molecule has 6 nitrogen and oxygen atoms in total. The van der Waals surface area contributed by atoms with E-state index in [4.69, 9.17) is 27.9 Å². The monoisotopic (exact) mass is 522 g/mol. The minimum atomic E-state index is -0.470. The van der Waals surface area contributed by atoms with Crippen LogP contribution >= 0.6 is 45.8 Å². The van der Waals surface area contributed by atoms with Crippen LogP contribution in [0.1, 0.15) is 18.8 Å². The van der Waals surface area contributed by atoms with Crippen molar-refractivity contribution in [1.29, 1.82) is 0 Å². The van der Waals surface area contributed by atoms with Gasteiger partial charge in [0.25, 0.3) is 0 Å². The van der Waals surface area contributed by atoms with Crippen molar-refractivity contribution < 1.29 is 9.53 Å². The van der Waals surface area contributed by atoms with E-state index in [1.807, 2.05) is 25.1 Å². The SMILES string of the molecule is COc1cc(N2CCN(C(C=O)n3nc(I)c(Cl)c3C)[C@@H](C)C2)ccc1Cl. The molecule has 0 radical (unpaired) electrons. The summed E-state index contributed by atoms with van der Waals surface area (Å²) in [6.45, 7) is 6.28. The van der Waals surface area contributed by atoms with Gasteiger partial charge >= 0.3 is 0 Å². The second-order valence-electron chi connectivity index (χ2n) is 6.54. The molecule has 1 aromatic carbocycles. The van der Waals surface area contributed by atoms with Crippen molar-refractivity contribution in [3.8, 4) is 5.75 Å². The first-order chi connectivity index (χ1) is 12.9. The molecule has 0 bridgehead atoms. The number of rotatable bonds is 5. The predicted octanol–water partition coefficient (Wildman–Crippen LogP) is 4.02. The second-order valence-corrected chi connectivity index (χ2v) is 8.34. The molecule has 0 N–H and O–H groups in total. The Hall–Kier alpha value is -1.03. The van der Waals surface area contributed by atoms with Crippen molar-refractivity contribution in [2.24, 2.45) is 0 Å². The summed E-state index contributed by atoms with van der Waals surface area (Å²) in [6, 6.07) is 5.93. The third kappa shape index (κ3) is 4.06. The summed E-state index contributed by atoms with van der Waals surface area (Å²) in [5, 5.41) is 5.65. The minimum Gasteiger partial charge on any atom is -0.495 e. The second kappa shape index (κ2) is 8.55. The van der Waals surface area contributed by atoms with Crippen molar-refractivity contribution >= 4 is 57.8 Å². The first kappa shape index (κ1) is 20.7. The Balaban J connectivity index is 1.79. The molecule has 1 saturated heterocycles. The Morgan fingerprint density at radius 3 is 2.67 bits per heavy atom. The Morgan fingerprint density at radius 2 is 2.11 bits per heavy atom. The Morgan fingerprint density at radius 1 is 1.37 bits per heavy atom. The molecule has 9 heteroatoms. The number of carbonyl (C=O) groups excluding carboxylic acids is 1. The first-order valence-corrected chi connectivity index (χ1v) is 10.4. The van der Waals surface area contributed by atoms with E-state index >= 15 is 0 Å². The van der Waals surface area contributed by atoms with E-state index in [0.29, 0.717) is 19.5 Å². The van der Waals surface area contributed by atoms with Crippen LogP contribution in [0.25, 0.3) is 0 Å². The number of hydrogen-bond donors (Lipinski definition) is 0. The number of methoxy groups -OCH3 is 1. The van der Waals surface area contributed by atoms with Crippen LogP contribution < -0.4 is 9.64 Å². The average molecular weight is 523 g/mol. The normalized spacial score (nSPS) is 19.2. The number of carbonyl (C=O) groups is 1. The number of halogens is 3. The molecule has 1 fully saturated rings. The van der Waals surface area contributed by atoms with Crippen molar-refractivity contribution in [3.63, 3.8) is 0 Å². The lowest BCUT2D eigenvalue weighted by atomic mass is 10.1. The molecule has 0 spiro atoms. The van der Waals surface area contributed by atoms with Gasteiger partial charge in [0.05, 0.1) is 22.8 Å². The smallest absolute Gasteiger partial charge is 0.161 e. The van der Waals surface area contributed by atoms with Crippen LogP contribution in [0.3, 0.4) is 0 Å². The first-order valence-electron chi connectivity index (χ1n) is 8.57. The third-order valence-corrected chi connectivity index (χ3v) is 6.77. The van der Waals surface area contributed by atoms with Crippen molar-refractivity contribution in [3.05, 3.63) is 37.6 Å². The van der Waals surface area contributed by atoms with Crippen LogP contribution in [0.4, 0.5) is 5.69 Å². The van der Waals surface area contributed by atoms with Gasteiger partial charge < -0.3 is 9.64 Å². The summed E-state index contributed by atoms with van der Waals surface area (Å²) in [7, 11) is 1.61. The van der Waals surface area contributed by atoms with E-state index in [0.717, 1.165) is 37.3 Å². The summed E-state index contributed by atoms with van der Waals surface area (Å²) in [5.41, 5.74) is 1.86. The summed E-state index contributed by atoms with van der Waals surface area (Å²) in [6.07, 6.45) is 0.465. The number of ether oxygens (including phenoxy) is 1. The van der Waals surface area contributed by atoms with Gasteiger partial charge in [0, 0.05) is 37.4 Å². The largest absolute Gasteiger partial charge is 0.495 e. The van der Waals surface area contributed by atoms with Crippen LogP contribution in [0.15, 0.2) is 18.2 Å². The average Bonchev–Trinajstić information content (AvgIpc) is 2.91. The zero-order valence-electron chi connectivity index (χ0n) is 15.3. The third-order valence-electron chi connectivity index (χ3n) is 4.93. The highest BCUT2D eigenvalue weighted by molar-refractivity contribution is 14.1. The molecule has 1 unspecified atom stereocenters. The number of benzene rings is 1. The highest BCUT2D eigenvalue weighted by Crippen LogP contribution is 2.32. The molecular weight excluding hydrogens is 502 g/mol. The maximum absolute atomic E-state index is 11.9. The fraction of sp³-hybridized carbons (Fsp3) is 0.444. The summed E-state index contributed by atoms with van der Waals surface area (Å²) in [5.74, 6) is 0.659. The molecule has 146 valence electrons. The summed E-state index contributed by atoms with van der Waals surface area (Å²) in [4.78, 5) is 16.3. The summed E-state index contributed by atoms with van der Waals surface area (Å²) >= 11 is 14.5. The highest BCUT2D eigenvalue weighted by Gasteiger charge is 2.32. The van der Waals surface area contributed by atoms with Crippen molar-refractivity contribution in [2.45, 2.75) is 26.1 Å². The molecule has 3 rings (SSSR count). The van der Waals surface area contributed by atoms with Gasteiger partial charge in [-0.3, -0.25) is 9.69 Å². The summed E-state index contributed by atoms with van der Waals surface area (Å²) < 4.78 is 7.75. The van der Waals surface area contributed by atoms with E-state index in [-0.39, 0.29) is 6.04 Å². The van der Waals surface area contributed by atoms with Crippen molar-refractivity contribution in [2.75, 3.05) is 31.6 Å². The molecule has 1 aromatic heterocycles. The van der Waals surface area contributed by atoms with Gasteiger partial charge in [-0.1, -0.05) is 23.2 Å². The van der Waals surface area contributed by atoms with Gasteiger partial charge in [0.15, 0.2) is 12.5 Å². The van der Waals surface area contributed by atoms with Gasteiger partial charge in [-0.15, -0.1) is 0 Å². The van der Waals surface area contributed by atoms with E-state index < -0.39 is 6.17 Å². The number of aldehydes is 1. The molecule has 27 heavy (non-hydrogen) atoms. The van der Waals surface area contributed by atoms with Crippen LogP contribution in [0.2, 0.25) is 10.0 Å². The molecule has 1 aliphatic heterocycles. The van der Waals surface area contributed by atoms with Crippen molar-refractivity contribution in [1.82, 2.24) is 14.7 Å². The maximum Gasteiger partial charge on any atom is 0.161 e. The van der Waals surface area contributed by atoms with E-state index in [9.17, 15) is 4.79 Å². The topological polar surface area (TPSA) is 50.6 Å². The molecule has 2 heterocycles. The maximum atomic E-state index is 11.9. The molecule has 0 saturated carbocycles. The lowest BCUT2D eigenvalue weighted by molar-refractivity contribution is -0.117. The molecule has 2 aromatic rings. The van der Waals surface area contributed by atoms with Crippen LogP contribution in [-0.4, -0.2) is 53.8 Å². The number of hydrogen-bond acceptors (Lipinski definition) is 5. The lowest BCUT2D eigenvalue weighted by Gasteiger charge is -2.43. The van der Waals surface area contributed by atoms with Crippen LogP contribution in [0.5, 0.6) is 5.75 Å². The van der Waals surface area contributed by atoms with E-state index in [1.165, 1.54) is 0 Å². The van der Waals surface area contributed by atoms with E-state index in [2.05, 4.69) is 44.4 Å². The van der Waals surface area contributed by atoms with Crippen LogP contribution in [0, 0.1) is 10.6 Å². The predicted molar refractivity (Wildman–Crippen MR) is 116 cm³/mol. The number of nitrogens with zero attached hydrogens (tertiary/aromatic N) is 4. The minimum absolute atomic E-state index is 0.149. The standard InChI is InChI=1S/C18H21Cl2IN4O2/c1-11-9-23(13-4-5-14(19)15(8-13)27-3)6-7-24(11)16(10-26)25-12(2)17(20)18(21)22-25/h4-5,8,10-11,16H,6-7,9H2,1-3H3/t11-,16?/m0/s1.